The quantitative estimate of drug-likeness (QED) is 0.455. The molecule has 0 aliphatic rings. The molecule has 122 valence electrons. The predicted octanol–water partition coefficient (Wildman–Crippen LogP) is 2.81. The summed E-state index contributed by atoms with van der Waals surface area (Å²) in [6, 6.07) is 8.94. The molecular formula is C18H21NO4. The van der Waals surface area contributed by atoms with Crippen LogP contribution >= 0.6 is 0 Å². The van der Waals surface area contributed by atoms with Crippen molar-refractivity contribution < 1.29 is 19.1 Å². The van der Waals surface area contributed by atoms with Gasteiger partial charge in [-0.3, -0.25) is 4.79 Å². The molecule has 1 rings (SSSR count). The maximum absolute atomic E-state index is 11.8. The average Bonchev–Trinajstić information content (AvgIpc) is 2.53. The number of carbonyl (C=O) groups is 2. The lowest BCUT2D eigenvalue weighted by Crippen LogP contribution is -2.37. The molecule has 1 aromatic rings. The van der Waals surface area contributed by atoms with Crippen LogP contribution in [0.15, 0.2) is 43.0 Å². The van der Waals surface area contributed by atoms with Gasteiger partial charge >= 0.3 is 12.1 Å². The van der Waals surface area contributed by atoms with Gasteiger partial charge in [-0.25, -0.2) is 4.79 Å². The van der Waals surface area contributed by atoms with Crippen molar-refractivity contribution in [2.45, 2.75) is 38.5 Å². The van der Waals surface area contributed by atoms with E-state index in [0.29, 0.717) is 6.42 Å². The van der Waals surface area contributed by atoms with E-state index in [2.05, 4.69) is 17.8 Å². The summed E-state index contributed by atoms with van der Waals surface area (Å²) in [7, 11) is 0. The second-order valence-electron chi connectivity index (χ2n) is 4.92. The number of hydrogen-bond acceptors (Lipinski definition) is 4. The molecule has 23 heavy (non-hydrogen) atoms. The van der Waals surface area contributed by atoms with E-state index >= 15 is 0 Å². The highest BCUT2D eigenvalue weighted by Gasteiger charge is 2.18. The highest BCUT2D eigenvalue weighted by molar-refractivity contribution is 5.68. The van der Waals surface area contributed by atoms with Gasteiger partial charge in [0.1, 0.15) is 12.7 Å². The maximum atomic E-state index is 11.8. The van der Waals surface area contributed by atoms with Crippen LogP contribution in [0.3, 0.4) is 0 Å². The zero-order valence-corrected chi connectivity index (χ0v) is 13.2. The summed E-state index contributed by atoms with van der Waals surface area (Å²) < 4.78 is 10.2. The van der Waals surface area contributed by atoms with E-state index in [1.165, 1.54) is 6.92 Å². The molecule has 5 nitrogen and oxygen atoms in total. The Morgan fingerprint density at radius 3 is 2.65 bits per heavy atom. The minimum atomic E-state index is -0.568. The van der Waals surface area contributed by atoms with Crippen LogP contribution in [0.4, 0.5) is 4.79 Å². The number of rotatable bonds is 8. The first kappa shape index (κ1) is 18.3. The minimum Gasteiger partial charge on any atom is -0.461 e. The molecule has 0 radical (unpaired) electrons. The smallest absolute Gasteiger partial charge is 0.407 e. The van der Waals surface area contributed by atoms with Crippen LogP contribution in [0.25, 0.3) is 0 Å². The Balaban J connectivity index is 2.47. The van der Waals surface area contributed by atoms with Crippen LogP contribution in [0.1, 0.15) is 25.3 Å². The molecule has 0 aromatic heterocycles. The van der Waals surface area contributed by atoms with Crippen LogP contribution in [0.5, 0.6) is 0 Å². The van der Waals surface area contributed by atoms with E-state index in [-0.39, 0.29) is 13.0 Å². The largest absolute Gasteiger partial charge is 0.461 e. The fourth-order valence-corrected chi connectivity index (χ4v) is 1.95. The average molecular weight is 315 g/mol. The maximum Gasteiger partial charge on any atom is 0.407 e. The summed E-state index contributed by atoms with van der Waals surface area (Å²) in [4.78, 5) is 22.9. The molecule has 0 aliphatic heterocycles. The number of ether oxygens (including phenoxy) is 2. The fourth-order valence-electron chi connectivity index (χ4n) is 1.95. The molecule has 1 aromatic carbocycles. The Morgan fingerprint density at radius 1 is 1.39 bits per heavy atom. The van der Waals surface area contributed by atoms with E-state index < -0.39 is 24.2 Å². The van der Waals surface area contributed by atoms with Gasteiger partial charge in [0.2, 0.25) is 0 Å². The van der Waals surface area contributed by atoms with Crippen molar-refractivity contribution in [1.82, 2.24) is 5.32 Å². The summed E-state index contributed by atoms with van der Waals surface area (Å²) in [5.41, 5.74) is 0.892. The summed E-state index contributed by atoms with van der Waals surface area (Å²) in [6.07, 6.45) is 6.37. The molecule has 0 saturated heterocycles. The minimum absolute atomic E-state index is 0.175. The second-order valence-corrected chi connectivity index (χ2v) is 4.92. The zero-order chi connectivity index (χ0) is 17.1. The molecule has 0 unspecified atom stereocenters. The monoisotopic (exact) mass is 315 g/mol. The second kappa shape index (κ2) is 10.1. The standard InChI is InChI=1S/C18H21NO4/c1-4-9-17(23-14(3)20)12-16(5-2)19-18(21)22-13-15-10-7-6-8-11-15/h1,5-8,10-11,16-17H,2,9,12-13H2,3H3,(H,19,21)/t16-,17-/m1/s1. The molecule has 0 aliphatic carbocycles. The van der Waals surface area contributed by atoms with Crippen LogP contribution in [0.2, 0.25) is 0 Å². The molecule has 0 saturated carbocycles. The summed E-state index contributed by atoms with van der Waals surface area (Å²) in [6.45, 7) is 5.15. The lowest BCUT2D eigenvalue weighted by molar-refractivity contribution is -0.146. The number of nitrogens with one attached hydrogen (secondary N) is 1. The highest BCUT2D eigenvalue weighted by Crippen LogP contribution is 2.09. The summed E-state index contributed by atoms with van der Waals surface area (Å²) >= 11 is 0. The van der Waals surface area contributed by atoms with E-state index in [0.717, 1.165) is 5.56 Å². The molecule has 0 bridgehead atoms. The Kier molecular flexibility index (Phi) is 8.01. The van der Waals surface area contributed by atoms with Crippen LogP contribution in [0, 0.1) is 12.3 Å². The summed E-state index contributed by atoms with van der Waals surface area (Å²) in [5.74, 6) is 2.03. The van der Waals surface area contributed by atoms with Gasteiger partial charge in [-0.05, 0) is 5.56 Å². The van der Waals surface area contributed by atoms with E-state index in [9.17, 15) is 9.59 Å². The van der Waals surface area contributed by atoms with Crippen molar-refractivity contribution >= 4 is 12.1 Å². The normalized spacial score (nSPS) is 12.3. The number of hydrogen-bond donors (Lipinski definition) is 1. The molecule has 1 amide bonds. The Labute approximate surface area is 136 Å². The molecule has 5 heteroatoms. The van der Waals surface area contributed by atoms with Crippen LogP contribution in [-0.4, -0.2) is 24.2 Å². The third-order valence-electron chi connectivity index (χ3n) is 3.00. The number of esters is 1. The van der Waals surface area contributed by atoms with Crippen LogP contribution in [-0.2, 0) is 20.9 Å². The molecule has 0 heterocycles. The number of benzene rings is 1. The number of carbonyl (C=O) groups excluding carboxylic acids is 2. The first-order chi connectivity index (χ1) is 11.0. The number of amides is 1. The van der Waals surface area contributed by atoms with Crippen molar-refractivity contribution in [2.75, 3.05) is 0 Å². The molecular weight excluding hydrogens is 294 g/mol. The first-order valence-corrected chi connectivity index (χ1v) is 7.25. The highest BCUT2D eigenvalue weighted by atomic mass is 16.6. The van der Waals surface area contributed by atoms with Gasteiger partial charge < -0.3 is 14.8 Å². The van der Waals surface area contributed by atoms with Gasteiger partial charge in [-0.1, -0.05) is 36.4 Å². The zero-order valence-electron chi connectivity index (χ0n) is 13.2. The van der Waals surface area contributed by atoms with E-state index in [4.69, 9.17) is 15.9 Å². The van der Waals surface area contributed by atoms with Crippen molar-refractivity contribution in [2.24, 2.45) is 0 Å². The topological polar surface area (TPSA) is 64.6 Å². The van der Waals surface area contributed by atoms with Crippen molar-refractivity contribution in [3.05, 3.63) is 48.6 Å². The third kappa shape index (κ3) is 7.72. The van der Waals surface area contributed by atoms with Gasteiger partial charge in [0.25, 0.3) is 0 Å². The van der Waals surface area contributed by atoms with Crippen LogP contribution < -0.4 is 5.32 Å². The van der Waals surface area contributed by atoms with Gasteiger partial charge in [0.05, 0.1) is 6.04 Å². The Bertz CT molecular complexity index is 562. The molecule has 1 N–H and O–H groups in total. The van der Waals surface area contributed by atoms with Gasteiger partial charge in [0, 0.05) is 19.8 Å². The van der Waals surface area contributed by atoms with Crippen molar-refractivity contribution in [3.63, 3.8) is 0 Å². The Morgan fingerprint density at radius 2 is 2.09 bits per heavy atom. The van der Waals surface area contributed by atoms with E-state index in [1.807, 2.05) is 30.3 Å². The lowest BCUT2D eigenvalue weighted by Gasteiger charge is -2.20. The van der Waals surface area contributed by atoms with Gasteiger partial charge in [-0.15, -0.1) is 18.9 Å². The third-order valence-corrected chi connectivity index (χ3v) is 3.00. The van der Waals surface area contributed by atoms with Crippen molar-refractivity contribution in [1.29, 1.82) is 0 Å². The lowest BCUT2D eigenvalue weighted by atomic mass is 10.1. The summed E-state index contributed by atoms with van der Waals surface area (Å²) in [5, 5.41) is 2.66. The number of alkyl carbamates (subject to hydrolysis) is 1. The molecule has 0 fully saturated rings. The first-order valence-electron chi connectivity index (χ1n) is 7.25. The molecule has 0 spiro atoms. The SMILES string of the molecule is C#CC[C@H](C[C@@H](C=C)NC(=O)OCc1ccccc1)OC(C)=O. The fraction of sp³-hybridized carbons (Fsp3) is 0.333. The predicted molar refractivity (Wildman–Crippen MR) is 87.4 cm³/mol. The van der Waals surface area contributed by atoms with Gasteiger partial charge in [0.15, 0.2) is 0 Å². The number of terminal acetylenes is 1. The Hall–Kier alpha value is -2.74. The van der Waals surface area contributed by atoms with E-state index in [1.54, 1.807) is 6.08 Å². The molecule has 2 atom stereocenters. The van der Waals surface area contributed by atoms with Gasteiger partial charge in [-0.2, -0.15) is 0 Å². The van der Waals surface area contributed by atoms with Crippen molar-refractivity contribution in [3.8, 4) is 12.3 Å².